The molecule has 5 N–H and O–H groups in total. The fraction of sp³-hybridized carbons (Fsp3) is 0.176. The summed E-state index contributed by atoms with van der Waals surface area (Å²) in [6.45, 7) is 0. The quantitative estimate of drug-likeness (QED) is 0.501. The molecule has 8 nitrogen and oxygen atoms in total. The van der Waals surface area contributed by atoms with Gasteiger partial charge in [-0.05, 0) is 17.7 Å². The van der Waals surface area contributed by atoms with Crippen molar-refractivity contribution in [1.82, 2.24) is 0 Å². The fourth-order valence-electron chi connectivity index (χ4n) is 1.80. The number of rotatable bonds is 5. The number of aliphatic carboxylic acids is 2. The normalized spacial score (nSPS) is 10.4. The molecule has 2 aromatic rings. The largest absolute Gasteiger partial charge is 0.504 e. The molecule has 0 saturated heterocycles. The second-order valence-corrected chi connectivity index (χ2v) is 4.92. The van der Waals surface area contributed by atoms with Crippen LogP contribution in [-0.4, -0.2) is 44.6 Å². The summed E-state index contributed by atoms with van der Waals surface area (Å²) in [7, 11) is 1.42. The van der Waals surface area contributed by atoms with E-state index in [1.807, 2.05) is 0 Å². The van der Waals surface area contributed by atoms with Crippen molar-refractivity contribution in [3.8, 4) is 11.5 Å². The Kier molecular flexibility index (Phi) is 6.92. The highest BCUT2D eigenvalue weighted by Crippen LogP contribution is 2.26. The van der Waals surface area contributed by atoms with Crippen LogP contribution in [0.25, 0.3) is 0 Å². The molecule has 2 aromatic carbocycles. The van der Waals surface area contributed by atoms with Crippen LogP contribution < -0.4 is 4.74 Å². The molecule has 2 rings (SSSR count). The smallest absolute Gasteiger partial charge is 0.369 e. The second-order valence-electron chi connectivity index (χ2n) is 4.92. The summed E-state index contributed by atoms with van der Waals surface area (Å²) in [5, 5.41) is 44.1. The number of phenols is 1. The molecular formula is C17H18O8. The Morgan fingerprint density at radius 3 is 2.12 bits per heavy atom. The summed E-state index contributed by atoms with van der Waals surface area (Å²) in [4.78, 5) is 20.7. The van der Waals surface area contributed by atoms with Crippen molar-refractivity contribution in [3.05, 3.63) is 59.7 Å². The lowest BCUT2D eigenvalue weighted by Gasteiger charge is -2.15. The van der Waals surface area contributed by atoms with Crippen molar-refractivity contribution in [3.63, 3.8) is 0 Å². The Morgan fingerprint density at radius 2 is 1.64 bits per heavy atom. The van der Waals surface area contributed by atoms with Gasteiger partial charge in [0.05, 0.1) is 13.5 Å². The summed E-state index contributed by atoms with van der Waals surface area (Å²) in [6.07, 6.45) is -0.0728. The molecule has 0 unspecified atom stereocenters. The van der Waals surface area contributed by atoms with E-state index in [0.717, 1.165) is 0 Å². The van der Waals surface area contributed by atoms with Crippen molar-refractivity contribution >= 4 is 11.9 Å². The van der Waals surface area contributed by atoms with E-state index in [2.05, 4.69) is 0 Å². The zero-order valence-electron chi connectivity index (χ0n) is 13.3. The van der Waals surface area contributed by atoms with Crippen LogP contribution in [0.1, 0.15) is 11.1 Å². The Bertz CT molecular complexity index is 725. The molecule has 0 amide bonds. The molecule has 0 aromatic heterocycles. The third-order valence-corrected chi connectivity index (χ3v) is 3.07. The van der Waals surface area contributed by atoms with Crippen LogP contribution >= 0.6 is 0 Å². The van der Waals surface area contributed by atoms with Gasteiger partial charge in [-0.25, -0.2) is 4.79 Å². The van der Waals surface area contributed by atoms with Crippen LogP contribution in [0.3, 0.4) is 0 Å². The zero-order chi connectivity index (χ0) is 19.0. The molecular weight excluding hydrogens is 332 g/mol. The first-order valence-electron chi connectivity index (χ1n) is 6.99. The van der Waals surface area contributed by atoms with E-state index in [9.17, 15) is 14.7 Å². The maximum atomic E-state index is 10.3. The molecule has 8 heteroatoms. The molecule has 25 heavy (non-hydrogen) atoms. The van der Waals surface area contributed by atoms with Crippen LogP contribution in [0, 0.1) is 0 Å². The lowest BCUT2D eigenvalue weighted by Crippen LogP contribution is -2.34. The average Bonchev–Trinajstić information content (AvgIpc) is 2.57. The minimum atomic E-state index is -2.79. The fourth-order valence-corrected chi connectivity index (χ4v) is 1.80. The Labute approximate surface area is 143 Å². The van der Waals surface area contributed by atoms with Crippen molar-refractivity contribution in [1.29, 1.82) is 0 Å². The van der Waals surface area contributed by atoms with E-state index in [1.54, 1.807) is 12.1 Å². The highest BCUT2D eigenvalue weighted by atomic mass is 16.5. The van der Waals surface area contributed by atoms with E-state index >= 15 is 0 Å². The van der Waals surface area contributed by atoms with E-state index < -0.39 is 17.7 Å². The average molecular weight is 350 g/mol. The van der Waals surface area contributed by atoms with Gasteiger partial charge < -0.3 is 30.3 Å². The molecule has 0 aliphatic rings. The lowest BCUT2D eigenvalue weighted by molar-refractivity contribution is -0.208. The van der Waals surface area contributed by atoms with E-state index in [-0.39, 0.29) is 17.7 Å². The molecule has 0 spiro atoms. The van der Waals surface area contributed by atoms with Gasteiger partial charge in [0.2, 0.25) is 0 Å². The van der Waals surface area contributed by atoms with Gasteiger partial charge in [0.25, 0.3) is 5.79 Å². The van der Waals surface area contributed by atoms with Gasteiger partial charge in [-0.3, -0.25) is 4.79 Å². The van der Waals surface area contributed by atoms with E-state index in [0.29, 0.717) is 11.3 Å². The molecule has 0 atom stereocenters. The standard InChI is InChI=1S/C9H10O4.C8H8O4/c1-13-8-4-6(5-9(11)12)2-3-7(8)10;9-7(10)8(11,12)6-4-2-1-3-5-6/h2-4,10H,5H2,1H3,(H,11,12);1-5,11-12H,(H,9,10). The predicted molar refractivity (Wildman–Crippen MR) is 86.2 cm³/mol. The van der Waals surface area contributed by atoms with Crippen LogP contribution in [0.2, 0.25) is 0 Å². The molecule has 0 bridgehead atoms. The molecule has 0 radical (unpaired) electrons. The number of carbonyl (C=O) groups is 2. The van der Waals surface area contributed by atoms with Gasteiger partial charge in [-0.15, -0.1) is 0 Å². The maximum absolute atomic E-state index is 10.3. The van der Waals surface area contributed by atoms with E-state index in [4.69, 9.17) is 25.2 Å². The highest BCUT2D eigenvalue weighted by Gasteiger charge is 2.34. The third-order valence-electron chi connectivity index (χ3n) is 3.07. The highest BCUT2D eigenvalue weighted by molar-refractivity contribution is 5.76. The summed E-state index contributed by atoms with van der Waals surface area (Å²) in [6, 6.07) is 11.8. The number of carboxylic acids is 2. The number of hydrogen-bond acceptors (Lipinski definition) is 6. The minimum absolute atomic E-state index is 0.0108. The number of carboxylic acid groups (broad SMARTS) is 2. The number of benzene rings is 2. The first-order valence-corrected chi connectivity index (χ1v) is 6.99. The summed E-state index contributed by atoms with van der Waals surface area (Å²) >= 11 is 0. The third kappa shape index (κ3) is 5.79. The monoisotopic (exact) mass is 350 g/mol. The second kappa shape index (κ2) is 8.67. The number of aromatic hydroxyl groups is 1. The molecule has 0 heterocycles. The number of methoxy groups -OCH3 is 1. The van der Waals surface area contributed by atoms with Gasteiger partial charge in [-0.1, -0.05) is 36.4 Å². The van der Waals surface area contributed by atoms with Crippen LogP contribution in [-0.2, 0) is 21.8 Å². The minimum Gasteiger partial charge on any atom is -0.504 e. The Hall–Kier alpha value is -3.10. The summed E-state index contributed by atoms with van der Waals surface area (Å²) in [5.41, 5.74) is 0.541. The van der Waals surface area contributed by atoms with Crippen molar-refractivity contribution in [2.75, 3.05) is 7.11 Å². The number of phenolic OH excluding ortho intramolecular Hbond substituents is 1. The van der Waals surface area contributed by atoms with E-state index in [1.165, 1.54) is 43.5 Å². The van der Waals surface area contributed by atoms with Crippen molar-refractivity contribution in [2.45, 2.75) is 12.2 Å². The molecule has 0 fully saturated rings. The summed E-state index contributed by atoms with van der Waals surface area (Å²) in [5.74, 6) is -5.09. The van der Waals surface area contributed by atoms with Crippen LogP contribution in [0.5, 0.6) is 11.5 Å². The van der Waals surface area contributed by atoms with Gasteiger partial charge in [0, 0.05) is 5.56 Å². The SMILES string of the molecule is COc1cc(CC(=O)O)ccc1O.O=C(O)C(O)(O)c1ccccc1. The lowest BCUT2D eigenvalue weighted by atomic mass is 10.1. The Morgan fingerprint density at radius 1 is 1.04 bits per heavy atom. The molecule has 134 valence electrons. The molecule has 0 saturated carbocycles. The maximum Gasteiger partial charge on any atom is 0.369 e. The predicted octanol–water partition coefficient (Wildman–Crippen LogP) is 0.937. The van der Waals surface area contributed by atoms with Gasteiger partial charge in [0.1, 0.15) is 0 Å². The van der Waals surface area contributed by atoms with Crippen molar-refractivity contribution in [2.24, 2.45) is 0 Å². The van der Waals surface area contributed by atoms with Crippen molar-refractivity contribution < 1.29 is 39.9 Å². The molecule has 0 aliphatic heterocycles. The Balaban J connectivity index is 0.000000251. The first kappa shape index (κ1) is 19.9. The number of ether oxygens (including phenoxy) is 1. The van der Waals surface area contributed by atoms with Crippen LogP contribution in [0.15, 0.2) is 48.5 Å². The first-order chi connectivity index (χ1) is 11.7. The van der Waals surface area contributed by atoms with Gasteiger partial charge in [0.15, 0.2) is 11.5 Å². The van der Waals surface area contributed by atoms with Gasteiger partial charge in [-0.2, -0.15) is 0 Å². The number of hydrogen-bond donors (Lipinski definition) is 5. The summed E-state index contributed by atoms with van der Waals surface area (Å²) < 4.78 is 4.82. The van der Waals surface area contributed by atoms with Gasteiger partial charge >= 0.3 is 11.9 Å². The topological polar surface area (TPSA) is 145 Å². The number of aliphatic hydroxyl groups is 2. The van der Waals surface area contributed by atoms with Crippen LogP contribution in [0.4, 0.5) is 0 Å². The molecule has 0 aliphatic carbocycles. The zero-order valence-corrected chi connectivity index (χ0v) is 13.3.